The molecule has 1 unspecified atom stereocenters. The summed E-state index contributed by atoms with van der Waals surface area (Å²) in [4.78, 5) is 10.6. The third-order valence-corrected chi connectivity index (χ3v) is 3.68. The molecule has 0 bridgehead atoms. The molecule has 0 aliphatic rings. The van der Waals surface area contributed by atoms with Gasteiger partial charge in [0.25, 0.3) is 0 Å². The van der Waals surface area contributed by atoms with Gasteiger partial charge in [-0.1, -0.05) is 66.7 Å². The smallest absolute Gasteiger partial charge is 0.221 e. The SMILES string of the molecule is CC(=O)c1ccccc1.O=[SH](=NO)Oc1cccc2ccccc12. The van der Waals surface area contributed by atoms with Crippen LogP contribution in [0.4, 0.5) is 0 Å². The first-order chi connectivity index (χ1) is 11.6. The van der Waals surface area contributed by atoms with Crippen LogP contribution in [0, 0.1) is 0 Å². The second-order valence-corrected chi connectivity index (χ2v) is 5.66. The van der Waals surface area contributed by atoms with E-state index in [4.69, 9.17) is 9.39 Å². The molecule has 3 aromatic rings. The lowest BCUT2D eigenvalue weighted by Gasteiger charge is -2.03. The highest BCUT2D eigenvalue weighted by molar-refractivity contribution is 7.70. The summed E-state index contributed by atoms with van der Waals surface area (Å²) >= 11 is 0. The van der Waals surface area contributed by atoms with Crippen LogP contribution in [0.2, 0.25) is 0 Å². The Labute approximate surface area is 141 Å². The van der Waals surface area contributed by atoms with Crippen molar-refractivity contribution in [2.45, 2.75) is 6.92 Å². The van der Waals surface area contributed by atoms with E-state index in [1.54, 1.807) is 19.1 Å². The first-order valence-corrected chi connectivity index (χ1v) is 8.29. The first kappa shape index (κ1) is 17.7. The normalized spacial score (nSPS) is 11.4. The van der Waals surface area contributed by atoms with Crippen LogP contribution in [0.3, 0.4) is 0 Å². The van der Waals surface area contributed by atoms with Crippen LogP contribution in [-0.2, 0) is 10.9 Å². The van der Waals surface area contributed by atoms with Crippen LogP contribution in [0.15, 0.2) is 77.3 Å². The van der Waals surface area contributed by atoms with Gasteiger partial charge in [-0.15, -0.1) is 0 Å². The highest BCUT2D eigenvalue weighted by atomic mass is 32.2. The van der Waals surface area contributed by atoms with Gasteiger partial charge in [-0.25, -0.2) is 4.21 Å². The molecule has 0 amide bonds. The van der Waals surface area contributed by atoms with E-state index in [1.807, 2.05) is 60.7 Å². The summed E-state index contributed by atoms with van der Waals surface area (Å²) in [5.74, 6) is 0.572. The Morgan fingerprint density at radius 2 is 1.58 bits per heavy atom. The average molecular weight is 343 g/mol. The van der Waals surface area contributed by atoms with E-state index in [0.717, 1.165) is 16.3 Å². The average Bonchev–Trinajstić information content (AvgIpc) is 2.63. The minimum Gasteiger partial charge on any atom is -0.396 e. The fourth-order valence-electron chi connectivity index (χ4n) is 2.05. The van der Waals surface area contributed by atoms with Gasteiger partial charge in [0.15, 0.2) is 5.78 Å². The lowest BCUT2D eigenvalue weighted by atomic mass is 10.1. The van der Waals surface area contributed by atoms with Crippen molar-refractivity contribution in [1.82, 2.24) is 0 Å². The zero-order chi connectivity index (χ0) is 17.4. The van der Waals surface area contributed by atoms with Crippen molar-refractivity contribution in [3.05, 3.63) is 78.4 Å². The summed E-state index contributed by atoms with van der Waals surface area (Å²) in [7, 11) is -2.40. The third kappa shape index (κ3) is 4.91. The molecule has 0 radical (unpaired) electrons. The molecule has 1 atom stereocenters. The van der Waals surface area contributed by atoms with Gasteiger partial charge >= 0.3 is 0 Å². The molecule has 0 aliphatic carbocycles. The van der Waals surface area contributed by atoms with Crippen molar-refractivity contribution in [3.63, 3.8) is 0 Å². The number of hydrogen-bond acceptors (Lipinski definition) is 4. The highest BCUT2D eigenvalue weighted by Crippen LogP contribution is 2.25. The van der Waals surface area contributed by atoms with E-state index in [1.165, 1.54) is 0 Å². The molecule has 0 heterocycles. The second kappa shape index (κ2) is 8.81. The van der Waals surface area contributed by atoms with Crippen molar-refractivity contribution in [2.24, 2.45) is 4.53 Å². The molecule has 0 spiro atoms. The molecule has 0 aromatic heterocycles. The summed E-state index contributed by atoms with van der Waals surface area (Å²) in [6.45, 7) is 1.56. The Bertz CT molecular complexity index is 898. The number of nitrogens with zero attached hydrogens (tertiary/aromatic N) is 1. The molecule has 5 nitrogen and oxygen atoms in total. The van der Waals surface area contributed by atoms with Gasteiger partial charge < -0.3 is 4.18 Å². The van der Waals surface area contributed by atoms with Crippen molar-refractivity contribution in [3.8, 4) is 5.75 Å². The Balaban J connectivity index is 0.000000198. The number of Topliss-reactive ketones (excluding diaryl/α,β-unsaturated/α-hetero) is 1. The van der Waals surface area contributed by atoms with Crippen LogP contribution in [-0.4, -0.2) is 15.2 Å². The second-order valence-electron chi connectivity index (χ2n) is 4.82. The molecular formula is C18H17NO4S. The Morgan fingerprint density at radius 1 is 0.958 bits per heavy atom. The molecule has 3 rings (SSSR count). The van der Waals surface area contributed by atoms with E-state index in [-0.39, 0.29) is 5.78 Å². The molecule has 24 heavy (non-hydrogen) atoms. The number of rotatable bonds is 3. The maximum Gasteiger partial charge on any atom is 0.221 e. The molecule has 124 valence electrons. The van der Waals surface area contributed by atoms with Gasteiger partial charge in [0, 0.05) is 10.9 Å². The molecule has 3 aromatic carbocycles. The van der Waals surface area contributed by atoms with Gasteiger partial charge in [0.2, 0.25) is 10.9 Å². The number of hydrogen-bond donors (Lipinski definition) is 2. The van der Waals surface area contributed by atoms with E-state index >= 15 is 0 Å². The minimum atomic E-state index is -2.40. The van der Waals surface area contributed by atoms with Crippen LogP contribution < -0.4 is 4.18 Å². The molecule has 0 fully saturated rings. The maximum atomic E-state index is 10.9. The lowest BCUT2D eigenvalue weighted by Crippen LogP contribution is -1.90. The molecule has 0 saturated heterocycles. The topological polar surface area (TPSA) is 76.0 Å². The largest absolute Gasteiger partial charge is 0.396 e. The molecular weight excluding hydrogens is 326 g/mol. The standard InChI is InChI=1S/C10H9NO3S.C8H8O/c12-11-15(13)14-10-7-3-5-8-4-1-2-6-9(8)10;1-7(9)8-5-3-2-4-6-8/h1-7,12,15H;2-6H,1H3. The third-order valence-electron chi connectivity index (χ3n) is 3.18. The Hall–Kier alpha value is -2.70. The summed E-state index contributed by atoms with van der Waals surface area (Å²) in [6.07, 6.45) is 0. The van der Waals surface area contributed by atoms with Crippen molar-refractivity contribution in [1.29, 1.82) is 0 Å². The minimum absolute atomic E-state index is 0.121. The maximum absolute atomic E-state index is 10.9. The van der Waals surface area contributed by atoms with Crippen molar-refractivity contribution in [2.75, 3.05) is 0 Å². The fraction of sp³-hybridized carbons (Fsp3) is 0.0556. The Morgan fingerprint density at radius 3 is 2.21 bits per heavy atom. The van der Waals surface area contributed by atoms with Gasteiger partial charge in [-0.2, -0.15) is 0 Å². The summed E-state index contributed by atoms with van der Waals surface area (Å²) in [5, 5.41) is 10.1. The number of fused-ring (bicyclic) bond motifs is 1. The predicted molar refractivity (Wildman–Crippen MR) is 94.8 cm³/mol. The number of carbonyl (C=O) groups is 1. The zero-order valence-corrected chi connectivity index (χ0v) is 13.9. The highest BCUT2D eigenvalue weighted by Gasteiger charge is 2.00. The predicted octanol–water partition coefficient (Wildman–Crippen LogP) is 4.08. The molecule has 1 N–H and O–H groups in total. The van der Waals surface area contributed by atoms with Gasteiger partial charge in [-0.3, -0.25) is 10.0 Å². The van der Waals surface area contributed by atoms with E-state index in [2.05, 4.69) is 4.53 Å². The number of carbonyl (C=O) groups excluding carboxylic acids is 1. The van der Waals surface area contributed by atoms with E-state index < -0.39 is 10.9 Å². The van der Waals surface area contributed by atoms with Gasteiger partial charge in [0.1, 0.15) is 5.75 Å². The lowest BCUT2D eigenvalue weighted by molar-refractivity contribution is 0.101. The van der Waals surface area contributed by atoms with Crippen LogP contribution in [0.25, 0.3) is 10.8 Å². The van der Waals surface area contributed by atoms with Crippen LogP contribution >= 0.6 is 0 Å². The van der Waals surface area contributed by atoms with Crippen LogP contribution in [0.5, 0.6) is 5.75 Å². The molecule has 0 aliphatic heterocycles. The molecule has 0 saturated carbocycles. The monoisotopic (exact) mass is 343 g/mol. The quantitative estimate of drug-likeness (QED) is 0.427. The Kier molecular flexibility index (Phi) is 6.48. The number of thiol groups is 1. The van der Waals surface area contributed by atoms with E-state index in [0.29, 0.717) is 5.75 Å². The summed E-state index contributed by atoms with van der Waals surface area (Å²) < 4.78 is 18.5. The fourth-order valence-corrected chi connectivity index (χ4v) is 2.41. The summed E-state index contributed by atoms with van der Waals surface area (Å²) in [6, 6.07) is 22.2. The van der Waals surface area contributed by atoms with E-state index in [9.17, 15) is 9.00 Å². The van der Waals surface area contributed by atoms with Crippen molar-refractivity contribution >= 4 is 27.4 Å². The van der Waals surface area contributed by atoms with Gasteiger partial charge in [0.05, 0.1) is 0 Å². The number of benzene rings is 3. The number of ketones is 1. The van der Waals surface area contributed by atoms with Crippen LogP contribution in [0.1, 0.15) is 17.3 Å². The van der Waals surface area contributed by atoms with Crippen molar-refractivity contribution < 1.29 is 18.4 Å². The molecule has 6 heteroatoms. The zero-order valence-electron chi connectivity index (χ0n) is 13.0. The van der Waals surface area contributed by atoms with Gasteiger partial charge in [-0.05, 0) is 22.9 Å². The first-order valence-electron chi connectivity index (χ1n) is 7.16. The summed E-state index contributed by atoms with van der Waals surface area (Å²) in [5.41, 5.74) is 0.775.